The summed E-state index contributed by atoms with van der Waals surface area (Å²) in [5.74, 6) is -2.30. The number of carbonyl (C=O) groups excluding carboxylic acids is 2. The first-order valence-electron chi connectivity index (χ1n) is 6.46. The molecule has 6 heteroatoms. The van der Waals surface area contributed by atoms with Gasteiger partial charge in [-0.25, -0.2) is 0 Å². The smallest absolute Gasteiger partial charge is 0.324 e. The molecule has 1 rings (SSSR count). The predicted molar refractivity (Wildman–Crippen MR) is 88.3 cm³/mol. The van der Waals surface area contributed by atoms with Crippen molar-refractivity contribution in [3.63, 3.8) is 0 Å². The second-order valence-electron chi connectivity index (χ2n) is 4.00. The molecule has 4 nitrogen and oxygen atoms in total. The van der Waals surface area contributed by atoms with E-state index in [4.69, 9.17) is 9.47 Å². The van der Waals surface area contributed by atoms with Gasteiger partial charge in [-0.2, -0.15) is 0 Å². The highest BCUT2D eigenvalue weighted by Gasteiger charge is 2.32. The fraction of sp³-hybridized carbons (Fsp3) is 0.333. The molecule has 21 heavy (non-hydrogen) atoms. The molecular weight excluding hydrogens is 404 g/mol. The van der Waals surface area contributed by atoms with Crippen LogP contribution < -0.4 is 0 Å². The lowest BCUT2D eigenvalue weighted by molar-refractivity contribution is -0.156. The van der Waals surface area contributed by atoms with Gasteiger partial charge in [0.15, 0.2) is 5.92 Å². The first kappa shape index (κ1) is 17.9. The molecular formula is C15H16Br2O4. The zero-order valence-corrected chi connectivity index (χ0v) is 14.9. The Hall–Kier alpha value is -1.14. The molecule has 0 fully saturated rings. The highest BCUT2D eigenvalue weighted by molar-refractivity contribution is 9.28. The Morgan fingerprint density at radius 2 is 1.62 bits per heavy atom. The van der Waals surface area contributed by atoms with E-state index in [0.717, 1.165) is 5.56 Å². The molecule has 0 bridgehead atoms. The van der Waals surface area contributed by atoms with Crippen molar-refractivity contribution < 1.29 is 19.1 Å². The first-order valence-corrected chi connectivity index (χ1v) is 8.04. The van der Waals surface area contributed by atoms with Crippen LogP contribution in [0.3, 0.4) is 0 Å². The molecule has 0 aliphatic rings. The Morgan fingerprint density at radius 3 is 2.10 bits per heavy atom. The van der Waals surface area contributed by atoms with Crippen LogP contribution in [0.25, 0.3) is 6.08 Å². The van der Waals surface area contributed by atoms with Crippen molar-refractivity contribution in [1.29, 1.82) is 0 Å². The minimum Gasteiger partial charge on any atom is -0.465 e. The summed E-state index contributed by atoms with van der Waals surface area (Å²) >= 11 is 6.55. The van der Waals surface area contributed by atoms with E-state index < -0.39 is 17.9 Å². The van der Waals surface area contributed by atoms with Crippen molar-refractivity contribution in [1.82, 2.24) is 0 Å². The molecule has 0 spiro atoms. The fourth-order valence-corrected chi connectivity index (χ4v) is 2.32. The van der Waals surface area contributed by atoms with Gasteiger partial charge in [-0.1, -0.05) is 24.3 Å². The molecule has 114 valence electrons. The van der Waals surface area contributed by atoms with Gasteiger partial charge in [0, 0.05) is 0 Å². The van der Waals surface area contributed by atoms with E-state index in [1.165, 1.54) is 0 Å². The molecule has 0 saturated heterocycles. The summed E-state index contributed by atoms with van der Waals surface area (Å²) in [6.45, 7) is 3.80. The molecule has 1 aromatic carbocycles. The quantitative estimate of drug-likeness (QED) is 0.516. The van der Waals surface area contributed by atoms with Crippen molar-refractivity contribution in [3.05, 3.63) is 38.8 Å². The van der Waals surface area contributed by atoms with Gasteiger partial charge >= 0.3 is 11.9 Å². The van der Waals surface area contributed by atoms with E-state index in [0.29, 0.717) is 8.96 Å². The van der Waals surface area contributed by atoms with Gasteiger partial charge in [0.05, 0.1) is 16.6 Å². The standard InChI is InChI=1S/C15H16Br2O4/c1-3-20-14(18)13(15(19)21-4-2)11-8-6-5-7-10(11)9-12(16)17/h5-9,13H,3-4H2,1-2H3. The van der Waals surface area contributed by atoms with E-state index in [-0.39, 0.29) is 13.2 Å². The Bertz CT molecular complexity index is 518. The van der Waals surface area contributed by atoms with E-state index in [9.17, 15) is 9.59 Å². The number of ether oxygens (including phenoxy) is 2. The molecule has 0 saturated carbocycles. The van der Waals surface area contributed by atoms with E-state index >= 15 is 0 Å². The van der Waals surface area contributed by atoms with Gasteiger partial charge < -0.3 is 9.47 Å². The minimum absolute atomic E-state index is 0.203. The molecule has 0 amide bonds. The third-order valence-electron chi connectivity index (χ3n) is 2.62. The van der Waals surface area contributed by atoms with Gasteiger partial charge in [0.25, 0.3) is 0 Å². The number of halogens is 2. The van der Waals surface area contributed by atoms with Gasteiger partial charge in [0.2, 0.25) is 0 Å². The Morgan fingerprint density at radius 1 is 1.10 bits per heavy atom. The SMILES string of the molecule is CCOC(=O)C(C(=O)OCC)c1ccccc1C=C(Br)Br. The molecule has 0 unspecified atom stereocenters. The van der Waals surface area contributed by atoms with Crippen LogP contribution in [0, 0.1) is 0 Å². The molecule has 1 aromatic rings. The first-order chi connectivity index (χ1) is 10.0. The van der Waals surface area contributed by atoms with Crippen molar-refractivity contribution in [2.24, 2.45) is 0 Å². The van der Waals surface area contributed by atoms with E-state index in [2.05, 4.69) is 31.9 Å². The largest absolute Gasteiger partial charge is 0.465 e. The van der Waals surface area contributed by atoms with Crippen LogP contribution in [0.1, 0.15) is 30.9 Å². The molecule has 0 radical (unpaired) electrons. The fourth-order valence-electron chi connectivity index (χ4n) is 1.82. The second-order valence-corrected chi connectivity index (χ2v) is 6.77. The lowest BCUT2D eigenvalue weighted by Gasteiger charge is -2.16. The van der Waals surface area contributed by atoms with Crippen molar-refractivity contribution in [2.45, 2.75) is 19.8 Å². The van der Waals surface area contributed by atoms with Crippen molar-refractivity contribution in [2.75, 3.05) is 13.2 Å². The average molecular weight is 420 g/mol. The normalized spacial score (nSPS) is 10.1. The minimum atomic E-state index is -1.09. The highest BCUT2D eigenvalue weighted by atomic mass is 79.9. The Labute approximate surface area is 140 Å². The number of esters is 2. The summed E-state index contributed by atoms with van der Waals surface area (Å²) in [5.41, 5.74) is 1.28. The molecule has 0 N–H and O–H groups in total. The number of benzene rings is 1. The van der Waals surface area contributed by atoms with Crippen molar-refractivity contribution in [3.8, 4) is 0 Å². The van der Waals surface area contributed by atoms with Crippen LogP contribution in [0.15, 0.2) is 27.7 Å². The second kappa shape index (κ2) is 9.00. The zero-order chi connectivity index (χ0) is 15.8. The summed E-state index contributed by atoms with van der Waals surface area (Å²) in [6.07, 6.45) is 1.76. The van der Waals surface area contributed by atoms with Crippen LogP contribution in [-0.4, -0.2) is 25.2 Å². The summed E-state index contributed by atoms with van der Waals surface area (Å²) in [4.78, 5) is 24.3. The Kier molecular flexibility index (Phi) is 7.67. The van der Waals surface area contributed by atoms with Gasteiger partial charge in [-0.15, -0.1) is 0 Å². The molecule has 0 atom stereocenters. The predicted octanol–water partition coefficient (Wildman–Crippen LogP) is 3.98. The molecule has 0 heterocycles. The molecule has 0 aliphatic heterocycles. The van der Waals surface area contributed by atoms with Gasteiger partial charge in [0.1, 0.15) is 0 Å². The van der Waals surface area contributed by atoms with Crippen LogP contribution >= 0.6 is 31.9 Å². The number of hydrogen-bond donors (Lipinski definition) is 0. The molecule has 0 aliphatic carbocycles. The summed E-state index contributed by atoms with van der Waals surface area (Å²) in [7, 11) is 0. The Balaban J connectivity index is 3.29. The summed E-state index contributed by atoms with van der Waals surface area (Å²) < 4.78 is 10.7. The van der Waals surface area contributed by atoms with Crippen LogP contribution in [0.4, 0.5) is 0 Å². The van der Waals surface area contributed by atoms with Gasteiger partial charge in [-0.05, 0) is 62.9 Å². The summed E-state index contributed by atoms with van der Waals surface area (Å²) in [6, 6.07) is 7.11. The van der Waals surface area contributed by atoms with Crippen LogP contribution in [0.5, 0.6) is 0 Å². The average Bonchev–Trinajstić information content (AvgIpc) is 2.41. The number of hydrogen-bond acceptors (Lipinski definition) is 4. The maximum Gasteiger partial charge on any atom is 0.324 e. The topological polar surface area (TPSA) is 52.6 Å². The molecule has 0 aromatic heterocycles. The van der Waals surface area contributed by atoms with Crippen LogP contribution in [-0.2, 0) is 19.1 Å². The third-order valence-corrected chi connectivity index (χ3v) is 3.07. The van der Waals surface area contributed by atoms with Crippen molar-refractivity contribution >= 4 is 49.9 Å². The van der Waals surface area contributed by atoms with Crippen LogP contribution in [0.2, 0.25) is 0 Å². The zero-order valence-electron chi connectivity index (χ0n) is 11.8. The lowest BCUT2D eigenvalue weighted by atomic mass is 9.94. The highest BCUT2D eigenvalue weighted by Crippen LogP contribution is 2.27. The van der Waals surface area contributed by atoms with E-state index in [1.807, 2.05) is 12.1 Å². The number of carbonyl (C=O) groups is 2. The van der Waals surface area contributed by atoms with E-state index in [1.54, 1.807) is 32.1 Å². The maximum atomic E-state index is 12.1. The van der Waals surface area contributed by atoms with Gasteiger partial charge in [-0.3, -0.25) is 9.59 Å². The third kappa shape index (κ3) is 5.28. The number of rotatable bonds is 6. The summed E-state index contributed by atoms with van der Waals surface area (Å²) in [5, 5.41) is 0. The maximum absolute atomic E-state index is 12.1. The lowest BCUT2D eigenvalue weighted by Crippen LogP contribution is -2.26. The monoisotopic (exact) mass is 418 g/mol.